The van der Waals surface area contributed by atoms with Gasteiger partial charge in [0.2, 0.25) is 0 Å². The predicted molar refractivity (Wildman–Crippen MR) is 98.5 cm³/mol. The smallest absolute Gasteiger partial charge is 0.115 e. The molecular formula is C22H27NO. The third-order valence-corrected chi connectivity index (χ3v) is 5.79. The number of likely N-dealkylation sites (tertiary alicyclic amines) is 1. The minimum atomic E-state index is -0.000417. The Bertz CT molecular complexity index is 704. The van der Waals surface area contributed by atoms with Crippen molar-refractivity contribution in [2.24, 2.45) is 5.92 Å². The highest BCUT2D eigenvalue weighted by atomic mass is 16.3. The Morgan fingerprint density at radius 1 is 1.08 bits per heavy atom. The van der Waals surface area contributed by atoms with E-state index in [-0.39, 0.29) is 5.41 Å². The number of hydrogen-bond donors (Lipinski definition) is 1. The Labute approximate surface area is 145 Å². The minimum Gasteiger partial charge on any atom is -0.508 e. The number of rotatable bonds is 4. The van der Waals surface area contributed by atoms with E-state index in [1.165, 1.54) is 49.0 Å². The summed E-state index contributed by atoms with van der Waals surface area (Å²) < 4.78 is 0. The van der Waals surface area contributed by atoms with Crippen LogP contribution in [-0.4, -0.2) is 29.6 Å². The monoisotopic (exact) mass is 321 g/mol. The van der Waals surface area contributed by atoms with E-state index >= 15 is 0 Å². The summed E-state index contributed by atoms with van der Waals surface area (Å²) in [6, 6.07) is 17.0. The summed E-state index contributed by atoms with van der Waals surface area (Å²) in [5.74, 6) is 1.29. The second-order valence-electron chi connectivity index (χ2n) is 7.78. The van der Waals surface area contributed by atoms with E-state index < -0.39 is 0 Å². The number of phenols is 1. The van der Waals surface area contributed by atoms with Crippen molar-refractivity contribution in [2.45, 2.75) is 38.0 Å². The lowest BCUT2D eigenvalue weighted by molar-refractivity contribution is 0.162. The molecule has 2 aromatic carbocycles. The maximum absolute atomic E-state index is 10.1. The lowest BCUT2D eigenvalue weighted by atomic mass is 9.69. The second-order valence-corrected chi connectivity index (χ2v) is 7.78. The Hall–Kier alpha value is -1.80. The van der Waals surface area contributed by atoms with Crippen molar-refractivity contribution in [2.75, 3.05) is 19.6 Å². The van der Waals surface area contributed by atoms with E-state index in [1.54, 1.807) is 6.07 Å². The van der Waals surface area contributed by atoms with Crippen LogP contribution < -0.4 is 0 Å². The molecule has 2 heteroatoms. The first-order valence-corrected chi connectivity index (χ1v) is 9.25. The zero-order chi connectivity index (χ0) is 16.6. The van der Waals surface area contributed by atoms with E-state index in [1.807, 2.05) is 12.1 Å². The van der Waals surface area contributed by atoms with Crippen LogP contribution in [0.25, 0.3) is 0 Å². The van der Waals surface area contributed by atoms with Gasteiger partial charge in [-0.05, 0) is 68.3 Å². The summed E-state index contributed by atoms with van der Waals surface area (Å²) >= 11 is 0. The van der Waals surface area contributed by atoms with Gasteiger partial charge in [0.05, 0.1) is 0 Å². The van der Waals surface area contributed by atoms with Crippen LogP contribution >= 0.6 is 0 Å². The van der Waals surface area contributed by atoms with Gasteiger partial charge in [-0.25, -0.2) is 0 Å². The molecule has 2 nitrogen and oxygen atoms in total. The number of aromatic hydroxyl groups is 1. The summed E-state index contributed by atoms with van der Waals surface area (Å²) in [5, 5.41) is 10.1. The molecule has 1 aliphatic heterocycles. The molecule has 2 aromatic rings. The van der Waals surface area contributed by atoms with Crippen LogP contribution in [0, 0.1) is 12.8 Å². The molecule has 1 saturated heterocycles. The molecule has 126 valence electrons. The summed E-state index contributed by atoms with van der Waals surface area (Å²) in [6.07, 6.45) is 5.18. The van der Waals surface area contributed by atoms with Gasteiger partial charge in [0.25, 0.3) is 0 Å². The minimum absolute atomic E-state index is 0.000417. The number of piperidine rings is 1. The zero-order valence-electron chi connectivity index (χ0n) is 14.5. The maximum atomic E-state index is 10.1. The van der Waals surface area contributed by atoms with Crippen LogP contribution in [0.3, 0.4) is 0 Å². The van der Waals surface area contributed by atoms with Gasteiger partial charge < -0.3 is 10.0 Å². The van der Waals surface area contributed by atoms with Gasteiger partial charge in [0.1, 0.15) is 5.75 Å². The molecule has 0 spiro atoms. The molecule has 24 heavy (non-hydrogen) atoms. The van der Waals surface area contributed by atoms with Crippen LogP contribution in [0.4, 0.5) is 0 Å². The summed E-state index contributed by atoms with van der Waals surface area (Å²) in [5.41, 5.74) is 3.95. The average Bonchev–Trinajstić information content (AvgIpc) is 3.39. The third kappa shape index (κ3) is 3.08. The standard InChI is InChI=1S/C22H27NO/c1-17-6-10-19(11-7-17)22(20-4-2-5-21(24)14-20)12-3-13-23(16-22)15-18-8-9-18/h2,4-7,10-11,14,18,24H,3,8-9,12-13,15-16H2,1H3. The molecule has 4 rings (SSSR count). The van der Waals surface area contributed by atoms with E-state index in [0.29, 0.717) is 5.75 Å². The van der Waals surface area contributed by atoms with Crippen LogP contribution in [-0.2, 0) is 5.41 Å². The van der Waals surface area contributed by atoms with Crippen LogP contribution in [0.1, 0.15) is 42.4 Å². The van der Waals surface area contributed by atoms with Crippen molar-refractivity contribution in [1.82, 2.24) is 4.90 Å². The second kappa shape index (κ2) is 6.25. The molecule has 0 radical (unpaired) electrons. The van der Waals surface area contributed by atoms with Gasteiger partial charge >= 0.3 is 0 Å². The number of aryl methyl sites for hydroxylation is 1. The van der Waals surface area contributed by atoms with Crippen molar-refractivity contribution in [3.8, 4) is 5.75 Å². The van der Waals surface area contributed by atoms with Gasteiger partial charge in [-0.1, -0.05) is 42.0 Å². The van der Waals surface area contributed by atoms with Gasteiger partial charge in [-0.3, -0.25) is 0 Å². The van der Waals surface area contributed by atoms with Crippen LogP contribution in [0.15, 0.2) is 48.5 Å². The Morgan fingerprint density at radius 3 is 2.58 bits per heavy atom. The van der Waals surface area contributed by atoms with E-state index in [2.05, 4.69) is 42.2 Å². The lowest BCUT2D eigenvalue weighted by Gasteiger charge is -2.44. The van der Waals surface area contributed by atoms with Gasteiger partial charge in [0, 0.05) is 18.5 Å². The molecule has 1 saturated carbocycles. The quantitative estimate of drug-likeness (QED) is 0.896. The molecular weight excluding hydrogens is 294 g/mol. The third-order valence-electron chi connectivity index (χ3n) is 5.79. The molecule has 0 bridgehead atoms. The number of nitrogens with zero attached hydrogens (tertiary/aromatic N) is 1. The average molecular weight is 321 g/mol. The van der Waals surface area contributed by atoms with E-state index in [4.69, 9.17) is 0 Å². The molecule has 0 amide bonds. The number of benzene rings is 2. The maximum Gasteiger partial charge on any atom is 0.115 e. The fraction of sp³-hybridized carbons (Fsp3) is 0.455. The molecule has 0 aromatic heterocycles. The normalized spacial score (nSPS) is 24.9. The summed E-state index contributed by atoms with van der Waals surface area (Å²) in [4.78, 5) is 2.66. The SMILES string of the molecule is Cc1ccc(C2(c3cccc(O)c3)CCCN(CC3CC3)C2)cc1. The van der Waals surface area contributed by atoms with Crippen molar-refractivity contribution < 1.29 is 5.11 Å². The highest BCUT2D eigenvalue weighted by Crippen LogP contribution is 2.42. The topological polar surface area (TPSA) is 23.5 Å². The number of hydrogen-bond acceptors (Lipinski definition) is 2. The summed E-state index contributed by atoms with van der Waals surface area (Å²) in [7, 11) is 0. The Balaban J connectivity index is 1.74. The van der Waals surface area contributed by atoms with Gasteiger partial charge in [0.15, 0.2) is 0 Å². The highest BCUT2D eigenvalue weighted by Gasteiger charge is 2.40. The summed E-state index contributed by atoms with van der Waals surface area (Å²) in [6.45, 7) is 5.66. The first-order valence-electron chi connectivity index (χ1n) is 9.25. The van der Waals surface area contributed by atoms with Crippen molar-refractivity contribution in [1.29, 1.82) is 0 Å². The van der Waals surface area contributed by atoms with Crippen molar-refractivity contribution in [3.63, 3.8) is 0 Å². The van der Waals surface area contributed by atoms with Crippen LogP contribution in [0.5, 0.6) is 5.75 Å². The first kappa shape index (κ1) is 15.7. The van der Waals surface area contributed by atoms with Gasteiger partial charge in [-0.2, -0.15) is 0 Å². The molecule has 1 heterocycles. The molecule has 1 N–H and O–H groups in total. The Kier molecular flexibility index (Phi) is 4.09. The van der Waals surface area contributed by atoms with E-state index in [0.717, 1.165) is 18.9 Å². The van der Waals surface area contributed by atoms with Gasteiger partial charge in [-0.15, -0.1) is 0 Å². The number of phenolic OH excluding ortho intramolecular Hbond substituents is 1. The fourth-order valence-corrected chi connectivity index (χ4v) is 4.28. The van der Waals surface area contributed by atoms with Crippen molar-refractivity contribution in [3.05, 3.63) is 65.2 Å². The largest absolute Gasteiger partial charge is 0.508 e. The first-order chi connectivity index (χ1) is 11.7. The molecule has 2 aliphatic rings. The zero-order valence-corrected chi connectivity index (χ0v) is 14.5. The highest BCUT2D eigenvalue weighted by molar-refractivity contribution is 5.44. The fourth-order valence-electron chi connectivity index (χ4n) is 4.28. The predicted octanol–water partition coefficient (Wildman–Crippen LogP) is 4.49. The van der Waals surface area contributed by atoms with Crippen molar-refractivity contribution >= 4 is 0 Å². The molecule has 2 fully saturated rings. The molecule has 1 aliphatic carbocycles. The molecule has 1 unspecified atom stereocenters. The lowest BCUT2D eigenvalue weighted by Crippen LogP contribution is -2.47. The van der Waals surface area contributed by atoms with Crippen LogP contribution in [0.2, 0.25) is 0 Å². The molecule has 1 atom stereocenters. The Morgan fingerprint density at radius 2 is 1.88 bits per heavy atom. The van der Waals surface area contributed by atoms with E-state index in [9.17, 15) is 5.11 Å².